The van der Waals surface area contributed by atoms with E-state index in [0.29, 0.717) is 41.2 Å². The van der Waals surface area contributed by atoms with Gasteiger partial charge in [0.15, 0.2) is 6.20 Å². The van der Waals surface area contributed by atoms with Crippen molar-refractivity contribution in [3.8, 4) is 11.3 Å². The molecule has 1 aliphatic carbocycles. The zero-order chi connectivity index (χ0) is 24.7. The number of aromatic nitrogens is 2. The van der Waals surface area contributed by atoms with Crippen molar-refractivity contribution in [3.05, 3.63) is 87.5 Å². The summed E-state index contributed by atoms with van der Waals surface area (Å²) in [6.45, 7) is 0.805. The highest BCUT2D eigenvalue weighted by Gasteiger charge is 2.56. The van der Waals surface area contributed by atoms with Crippen LogP contribution in [0.15, 0.2) is 54.9 Å². The fourth-order valence-electron chi connectivity index (χ4n) is 5.02. The van der Waals surface area contributed by atoms with Gasteiger partial charge in [0.05, 0.1) is 11.1 Å². The Morgan fingerprint density at radius 2 is 2.11 bits per heavy atom. The Bertz CT molecular complexity index is 1330. The summed E-state index contributed by atoms with van der Waals surface area (Å²) in [5, 5.41) is 27.7. The molecule has 10 heteroatoms. The maximum absolute atomic E-state index is 13.9. The highest BCUT2D eigenvalue weighted by atomic mass is 35.5. The van der Waals surface area contributed by atoms with E-state index in [-0.39, 0.29) is 29.4 Å². The van der Waals surface area contributed by atoms with Crippen LogP contribution in [0.5, 0.6) is 0 Å². The minimum atomic E-state index is -2.16. The lowest BCUT2D eigenvalue weighted by molar-refractivity contribution is -0.594. The van der Waals surface area contributed by atoms with E-state index in [0.717, 1.165) is 11.1 Å². The van der Waals surface area contributed by atoms with Gasteiger partial charge in [-0.15, -0.1) is 0 Å². The highest BCUT2D eigenvalue weighted by Crippen LogP contribution is 2.46. The third-order valence-corrected chi connectivity index (χ3v) is 6.96. The van der Waals surface area contributed by atoms with Crippen LogP contribution in [-0.4, -0.2) is 39.4 Å². The molecule has 2 aromatic heterocycles. The molecule has 4 N–H and O–H groups in total. The molecule has 9 nitrogen and oxygen atoms in total. The van der Waals surface area contributed by atoms with Gasteiger partial charge in [0.2, 0.25) is 17.2 Å². The Morgan fingerprint density at radius 1 is 1.29 bits per heavy atom. The van der Waals surface area contributed by atoms with E-state index >= 15 is 0 Å². The lowest BCUT2D eigenvalue weighted by Gasteiger charge is -2.31. The van der Waals surface area contributed by atoms with E-state index in [1.165, 1.54) is 23.4 Å². The number of nitrogens with zero attached hydrogens (tertiary/aromatic N) is 3. The number of amides is 2. The summed E-state index contributed by atoms with van der Waals surface area (Å²) in [5.41, 5.74) is 6.12. The Hall–Kier alpha value is -3.53. The van der Waals surface area contributed by atoms with Crippen molar-refractivity contribution in [2.75, 3.05) is 6.54 Å². The normalized spacial score (nSPS) is 20.4. The Kier molecular flexibility index (Phi) is 5.92. The highest BCUT2D eigenvalue weighted by molar-refractivity contribution is 6.30. The van der Waals surface area contributed by atoms with Gasteiger partial charge in [0, 0.05) is 36.9 Å². The van der Waals surface area contributed by atoms with Gasteiger partial charge in [-0.05, 0) is 54.3 Å². The number of fused-ring (bicyclic) bond motifs is 3. The summed E-state index contributed by atoms with van der Waals surface area (Å²) in [6.07, 6.45) is 3.82. The van der Waals surface area contributed by atoms with Crippen molar-refractivity contribution in [2.45, 2.75) is 37.6 Å². The van der Waals surface area contributed by atoms with Gasteiger partial charge >= 0.3 is 0 Å². The van der Waals surface area contributed by atoms with Crippen molar-refractivity contribution in [2.24, 2.45) is 5.73 Å². The fourth-order valence-corrected chi connectivity index (χ4v) is 5.22. The molecular formula is C25H24ClN5O4. The van der Waals surface area contributed by atoms with Crippen LogP contribution in [-0.2, 0) is 28.3 Å². The second kappa shape index (κ2) is 8.92. The monoisotopic (exact) mass is 493 g/mol. The molecule has 2 unspecified atom stereocenters. The topological polar surface area (TPSA) is 135 Å². The molecule has 2 atom stereocenters. The smallest absolute Gasteiger partial charge is 0.266 e. The number of pyridine rings is 2. The number of halogens is 1. The summed E-state index contributed by atoms with van der Waals surface area (Å²) in [5.74, 6) is -1.01. The van der Waals surface area contributed by atoms with Crippen molar-refractivity contribution >= 4 is 23.4 Å². The zero-order valence-electron chi connectivity index (χ0n) is 18.8. The summed E-state index contributed by atoms with van der Waals surface area (Å²) in [6, 6.07) is 10.8. The Morgan fingerprint density at radius 3 is 2.91 bits per heavy atom. The molecule has 3 aromatic rings. The molecule has 0 saturated carbocycles. The first-order valence-electron chi connectivity index (χ1n) is 11.3. The van der Waals surface area contributed by atoms with E-state index in [4.69, 9.17) is 17.3 Å². The molecule has 1 fully saturated rings. The average molecular weight is 494 g/mol. The Labute approximate surface area is 206 Å². The van der Waals surface area contributed by atoms with Gasteiger partial charge in [-0.3, -0.25) is 14.6 Å². The zero-order valence-corrected chi connectivity index (χ0v) is 19.5. The number of benzene rings is 1. The van der Waals surface area contributed by atoms with Gasteiger partial charge in [-0.25, -0.2) is 0 Å². The van der Waals surface area contributed by atoms with Crippen molar-refractivity contribution in [1.29, 1.82) is 0 Å². The largest absolute Gasteiger partial charge is 0.618 e. The van der Waals surface area contributed by atoms with E-state index in [2.05, 4.69) is 10.3 Å². The molecular weight excluding hydrogens is 470 g/mol. The molecule has 2 aliphatic rings. The standard InChI is InChI=1S/C25H24ClN5O4/c26-17-8-7-15(13-27)16(12-17)14-29-23(32)20-6-3-10-30(20)24(33)25(34)19-5-2-11-31(35)21(19)18-4-1-9-28-22(18)25/h1-2,4-5,7-9,11-12,20,34H,3,6,10,13-14,27H2,(H,29,32). The predicted molar refractivity (Wildman–Crippen MR) is 128 cm³/mol. The number of hydrogen-bond acceptors (Lipinski definition) is 6. The van der Waals surface area contributed by atoms with Gasteiger partial charge in [-0.1, -0.05) is 17.7 Å². The van der Waals surface area contributed by atoms with Crippen LogP contribution in [0.4, 0.5) is 0 Å². The molecule has 180 valence electrons. The number of nitrogens with one attached hydrogen (secondary N) is 1. The number of rotatable bonds is 5. The molecule has 1 aromatic carbocycles. The molecule has 1 aliphatic heterocycles. The van der Waals surface area contributed by atoms with Crippen molar-refractivity contribution < 1.29 is 19.4 Å². The second-order valence-corrected chi connectivity index (χ2v) is 9.13. The molecule has 1 saturated heterocycles. The van der Waals surface area contributed by atoms with Gasteiger partial charge < -0.3 is 26.3 Å². The van der Waals surface area contributed by atoms with Crippen LogP contribution in [0.1, 0.15) is 35.2 Å². The number of nitrogens with two attached hydrogens (primary N) is 1. The number of likely N-dealkylation sites (tertiary alicyclic amines) is 1. The second-order valence-electron chi connectivity index (χ2n) is 8.70. The first-order valence-corrected chi connectivity index (χ1v) is 11.7. The van der Waals surface area contributed by atoms with E-state index in [1.807, 2.05) is 6.07 Å². The molecule has 0 bridgehead atoms. The molecule has 2 amide bonds. The van der Waals surface area contributed by atoms with E-state index in [1.54, 1.807) is 30.3 Å². The van der Waals surface area contributed by atoms with Crippen LogP contribution in [0, 0.1) is 5.21 Å². The minimum Gasteiger partial charge on any atom is -0.618 e. The SMILES string of the molecule is NCc1ccc(Cl)cc1CNC(=O)C1CCCN1C(=O)C1(O)c2ccc[n+]([O-])c2-c2cccnc21. The van der Waals surface area contributed by atoms with Crippen LogP contribution in [0.25, 0.3) is 11.3 Å². The minimum absolute atomic E-state index is 0.0911. The quantitative estimate of drug-likeness (QED) is 0.362. The molecule has 0 spiro atoms. The molecule has 5 rings (SSSR count). The predicted octanol–water partition coefficient (Wildman–Crippen LogP) is 1.35. The Balaban J connectivity index is 1.43. The third-order valence-electron chi connectivity index (χ3n) is 6.72. The van der Waals surface area contributed by atoms with Crippen molar-refractivity contribution in [3.63, 3.8) is 0 Å². The first-order chi connectivity index (χ1) is 16.9. The van der Waals surface area contributed by atoms with Crippen LogP contribution in [0.3, 0.4) is 0 Å². The lowest BCUT2D eigenvalue weighted by Crippen LogP contribution is -2.53. The van der Waals surface area contributed by atoms with E-state index < -0.39 is 17.6 Å². The molecule has 35 heavy (non-hydrogen) atoms. The van der Waals surface area contributed by atoms with Crippen LogP contribution < -0.4 is 15.8 Å². The summed E-state index contributed by atoms with van der Waals surface area (Å²) in [7, 11) is 0. The van der Waals surface area contributed by atoms with E-state index in [9.17, 15) is 19.9 Å². The average Bonchev–Trinajstić information content (AvgIpc) is 3.45. The van der Waals surface area contributed by atoms with Gasteiger partial charge in [0.25, 0.3) is 5.91 Å². The van der Waals surface area contributed by atoms with Crippen molar-refractivity contribution in [1.82, 2.24) is 15.2 Å². The van der Waals surface area contributed by atoms with Gasteiger partial charge in [-0.2, -0.15) is 4.73 Å². The van der Waals surface area contributed by atoms with Gasteiger partial charge in [0.1, 0.15) is 11.7 Å². The summed E-state index contributed by atoms with van der Waals surface area (Å²) >= 11 is 6.10. The molecule has 3 heterocycles. The summed E-state index contributed by atoms with van der Waals surface area (Å²) in [4.78, 5) is 32.7. The maximum atomic E-state index is 13.9. The summed E-state index contributed by atoms with van der Waals surface area (Å²) < 4.78 is 0.620. The number of carbonyl (C=O) groups excluding carboxylic acids is 2. The maximum Gasteiger partial charge on any atom is 0.266 e. The van der Waals surface area contributed by atoms with Crippen LogP contribution in [0.2, 0.25) is 5.02 Å². The fraction of sp³-hybridized carbons (Fsp3) is 0.280. The molecule has 0 radical (unpaired) electrons. The first kappa shape index (κ1) is 23.2. The number of hydrogen-bond donors (Lipinski definition) is 3. The third kappa shape index (κ3) is 3.72. The van der Waals surface area contributed by atoms with Crippen LogP contribution >= 0.6 is 11.6 Å². The number of aliphatic hydroxyl groups is 1. The number of carbonyl (C=O) groups is 2. The lowest BCUT2D eigenvalue weighted by atomic mass is 9.93.